The van der Waals surface area contributed by atoms with Gasteiger partial charge in [0.2, 0.25) is 11.8 Å². The third kappa shape index (κ3) is 4.28. The molecular formula is C22H21N3O3. The molecule has 1 aliphatic heterocycles. The highest BCUT2D eigenvalue weighted by molar-refractivity contribution is 5.94. The number of hydrogen-bond donors (Lipinski definition) is 2. The Morgan fingerprint density at radius 2 is 2.04 bits per heavy atom. The number of benzene rings is 2. The summed E-state index contributed by atoms with van der Waals surface area (Å²) in [6, 6.07) is 15.4. The minimum absolute atomic E-state index is 0.0498. The quantitative estimate of drug-likeness (QED) is 0.640. The van der Waals surface area contributed by atoms with Gasteiger partial charge < -0.3 is 15.4 Å². The van der Waals surface area contributed by atoms with Crippen LogP contribution in [0.25, 0.3) is 10.9 Å². The number of aryl methyl sites for hydroxylation is 1. The molecule has 0 fully saturated rings. The summed E-state index contributed by atoms with van der Waals surface area (Å²) in [5, 5.41) is 6.72. The lowest BCUT2D eigenvalue weighted by Crippen LogP contribution is -2.18. The molecule has 3 aromatic rings. The predicted molar refractivity (Wildman–Crippen MR) is 108 cm³/mol. The number of anilines is 2. The fourth-order valence-electron chi connectivity index (χ4n) is 3.24. The van der Waals surface area contributed by atoms with Gasteiger partial charge in [-0.3, -0.25) is 14.6 Å². The van der Waals surface area contributed by atoms with Crippen molar-refractivity contribution < 1.29 is 14.3 Å². The zero-order valence-corrected chi connectivity index (χ0v) is 15.4. The molecule has 0 atom stereocenters. The number of hydrogen-bond acceptors (Lipinski definition) is 4. The molecule has 6 heteroatoms. The van der Waals surface area contributed by atoms with Gasteiger partial charge in [-0.05, 0) is 48.7 Å². The molecule has 2 amide bonds. The van der Waals surface area contributed by atoms with Crippen LogP contribution in [0.1, 0.15) is 24.8 Å². The van der Waals surface area contributed by atoms with E-state index >= 15 is 0 Å². The summed E-state index contributed by atoms with van der Waals surface area (Å²) >= 11 is 0. The summed E-state index contributed by atoms with van der Waals surface area (Å²) in [5.74, 6) is 0.747. The SMILES string of the molecule is O=C(CCCOc1ccc2c(c1)CCC(=O)N2)Nc1cnc2ccccc2c1. The fraction of sp³-hybridized carbons (Fsp3) is 0.227. The number of pyridine rings is 1. The normalized spacial score (nSPS) is 12.9. The Kier molecular flexibility index (Phi) is 5.19. The second kappa shape index (κ2) is 8.08. The number of nitrogens with zero attached hydrogens (tertiary/aromatic N) is 1. The zero-order valence-electron chi connectivity index (χ0n) is 15.4. The summed E-state index contributed by atoms with van der Waals surface area (Å²) in [6.07, 6.45) is 3.87. The van der Waals surface area contributed by atoms with Crippen LogP contribution in [0.5, 0.6) is 5.75 Å². The number of nitrogens with one attached hydrogen (secondary N) is 2. The molecule has 0 saturated carbocycles. The zero-order chi connectivity index (χ0) is 19.3. The van der Waals surface area contributed by atoms with Crippen LogP contribution in [-0.2, 0) is 16.0 Å². The van der Waals surface area contributed by atoms with E-state index < -0.39 is 0 Å². The van der Waals surface area contributed by atoms with Gasteiger partial charge in [0, 0.05) is 23.9 Å². The Hall–Kier alpha value is -3.41. The summed E-state index contributed by atoms with van der Waals surface area (Å²) in [7, 11) is 0. The Balaban J connectivity index is 1.24. The molecule has 28 heavy (non-hydrogen) atoms. The molecular weight excluding hydrogens is 354 g/mol. The lowest BCUT2D eigenvalue weighted by atomic mass is 10.0. The van der Waals surface area contributed by atoms with Crippen LogP contribution in [-0.4, -0.2) is 23.4 Å². The van der Waals surface area contributed by atoms with Gasteiger partial charge >= 0.3 is 0 Å². The van der Waals surface area contributed by atoms with Crippen LogP contribution >= 0.6 is 0 Å². The van der Waals surface area contributed by atoms with Crippen molar-refractivity contribution in [2.24, 2.45) is 0 Å². The van der Waals surface area contributed by atoms with Crippen molar-refractivity contribution in [3.8, 4) is 5.75 Å². The highest BCUT2D eigenvalue weighted by Crippen LogP contribution is 2.26. The fourth-order valence-corrected chi connectivity index (χ4v) is 3.24. The van der Waals surface area contributed by atoms with E-state index in [0.29, 0.717) is 31.6 Å². The summed E-state index contributed by atoms with van der Waals surface area (Å²) in [6.45, 7) is 0.453. The van der Waals surface area contributed by atoms with Crippen molar-refractivity contribution in [1.29, 1.82) is 0 Å². The Morgan fingerprint density at radius 3 is 2.96 bits per heavy atom. The van der Waals surface area contributed by atoms with Gasteiger partial charge in [0.25, 0.3) is 0 Å². The van der Waals surface area contributed by atoms with Gasteiger partial charge in [-0.2, -0.15) is 0 Å². The molecule has 1 aliphatic rings. The molecule has 0 radical (unpaired) electrons. The van der Waals surface area contributed by atoms with Crippen LogP contribution < -0.4 is 15.4 Å². The van der Waals surface area contributed by atoms with E-state index in [4.69, 9.17) is 4.74 Å². The van der Waals surface area contributed by atoms with Crippen LogP contribution in [0.15, 0.2) is 54.7 Å². The Morgan fingerprint density at radius 1 is 1.14 bits per heavy atom. The van der Waals surface area contributed by atoms with Crippen molar-refractivity contribution >= 4 is 34.1 Å². The van der Waals surface area contributed by atoms with E-state index in [1.165, 1.54) is 0 Å². The van der Waals surface area contributed by atoms with Gasteiger partial charge in [-0.15, -0.1) is 0 Å². The number of para-hydroxylation sites is 1. The lowest BCUT2D eigenvalue weighted by molar-refractivity contribution is -0.117. The van der Waals surface area contributed by atoms with Crippen LogP contribution in [0.4, 0.5) is 11.4 Å². The minimum Gasteiger partial charge on any atom is -0.494 e. The second-order valence-electron chi connectivity index (χ2n) is 6.78. The van der Waals surface area contributed by atoms with E-state index in [9.17, 15) is 9.59 Å². The first-order valence-corrected chi connectivity index (χ1v) is 9.37. The number of fused-ring (bicyclic) bond motifs is 2. The largest absolute Gasteiger partial charge is 0.494 e. The monoisotopic (exact) mass is 375 g/mol. The third-order valence-corrected chi connectivity index (χ3v) is 4.66. The molecule has 0 aliphatic carbocycles. The van der Waals surface area contributed by atoms with Crippen molar-refractivity contribution in [2.45, 2.75) is 25.7 Å². The molecule has 6 nitrogen and oxygen atoms in total. The first-order chi connectivity index (χ1) is 13.7. The molecule has 142 valence electrons. The van der Waals surface area contributed by atoms with E-state index in [2.05, 4.69) is 15.6 Å². The van der Waals surface area contributed by atoms with E-state index in [1.54, 1.807) is 6.20 Å². The number of carbonyl (C=O) groups excluding carboxylic acids is 2. The molecule has 0 unspecified atom stereocenters. The average molecular weight is 375 g/mol. The molecule has 2 aromatic carbocycles. The maximum Gasteiger partial charge on any atom is 0.224 e. The number of aromatic nitrogens is 1. The molecule has 2 heterocycles. The number of ether oxygens (including phenoxy) is 1. The summed E-state index contributed by atoms with van der Waals surface area (Å²) < 4.78 is 5.75. The number of rotatable bonds is 6. The molecule has 0 saturated heterocycles. The van der Waals surface area contributed by atoms with E-state index in [-0.39, 0.29) is 11.8 Å². The predicted octanol–water partition coefficient (Wildman–Crippen LogP) is 3.92. The van der Waals surface area contributed by atoms with E-state index in [0.717, 1.165) is 34.3 Å². The summed E-state index contributed by atoms with van der Waals surface area (Å²) in [4.78, 5) is 27.9. The first-order valence-electron chi connectivity index (χ1n) is 9.37. The molecule has 4 rings (SSSR count). The molecule has 1 aromatic heterocycles. The van der Waals surface area contributed by atoms with Crippen molar-refractivity contribution in [3.63, 3.8) is 0 Å². The Labute approximate surface area is 162 Å². The second-order valence-corrected chi connectivity index (χ2v) is 6.78. The van der Waals surface area contributed by atoms with Crippen molar-refractivity contribution in [1.82, 2.24) is 4.98 Å². The smallest absolute Gasteiger partial charge is 0.224 e. The minimum atomic E-state index is -0.0613. The van der Waals surface area contributed by atoms with E-state index in [1.807, 2.05) is 48.5 Å². The maximum absolute atomic E-state index is 12.1. The van der Waals surface area contributed by atoms with Gasteiger partial charge in [-0.25, -0.2) is 0 Å². The molecule has 0 bridgehead atoms. The average Bonchev–Trinajstić information content (AvgIpc) is 2.71. The maximum atomic E-state index is 12.1. The highest BCUT2D eigenvalue weighted by atomic mass is 16.5. The molecule has 0 spiro atoms. The van der Waals surface area contributed by atoms with Crippen molar-refractivity contribution in [3.05, 3.63) is 60.3 Å². The third-order valence-electron chi connectivity index (χ3n) is 4.66. The number of carbonyl (C=O) groups is 2. The number of amides is 2. The topological polar surface area (TPSA) is 80.3 Å². The van der Waals surface area contributed by atoms with Crippen LogP contribution in [0.2, 0.25) is 0 Å². The van der Waals surface area contributed by atoms with Gasteiger partial charge in [0.15, 0.2) is 0 Å². The summed E-state index contributed by atoms with van der Waals surface area (Å²) in [5.41, 5.74) is 3.53. The standard InChI is InChI=1S/C22H21N3O3/c26-21(24-17-12-15-4-1-2-5-19(15)23-14-17)6-3-11-28-18-8-9-20-16(13-18)7-10-22(27)25-20/h1-2,4-5,8-9,12-14H,3,6-7,10-11H2,(H,24,26)(H,25,27). The van der Waals surface area contributed by atoms with Gasteiger partial charge in [0.1, 0.15) is 5.75 Å². The van der Waals surface area contributed by atoms with Gasteiger partial charge in [0.05, 0.1) is 24.0 Å². The lowest BCUT2D eigenvalue weighted by Gasteiger charge is -2.17. The van der Waals surface area contributed by atoms with Gasteiger partial charge in [-0.1, -0.05) is 18.2 Å². The van der Waals surface area contributed by atoms with Crippen LogP contribution in [0.3, 0.4) is 0 Å². The van der Waals surface area contributed by atoms with Crippen molar-refractivity contribution in [2.75, 3.05) is 17.2 Å². The van der Waals surface area contributed by atoms with Crippen LogP contribution in [0, 0.1) is 0 Å². The molecule has 2 N–H and O–H groups in total. The highest BCUT2D eigenvalue weighted by Gasteiger charge is 2.15. The Bertz CT molecular complexity index is 1030. The first kappa shape index (κ1) is 18.0.